The number of hydrogen-bond acceptors (Lipinski definition) is 2. The summed E-state index contributed by atoms with van der Waals surface area (Å²) in [6.07, 6.45) is 3.10. The van der Waals surface area contributed by atoms with Gasteiger partial charge in [-0.1, -0.05) is 12.5 Å². The van der Waals surface area contributed by atoms with Crippen molar-refractivity contribution in [3.05, 3.63) is 11.6 Å². The molecule has 0 aromatic heterocycles. The van der Waals surface area contributed by atoms with E-state index in [1.807, 2.05) is 0 Å². The van der Waals surface area contributed by atoms with Crippen LogP contribution in [-0.4, -0.2) is 22.2 Å². The Balaban J connectivity index is 3.74. The summed E-state index contributed by atoms with van der Waals surface area (Å²) in [7, 11) is 0. The van der Waals surface area contributed by atoms with Gasteiger partial charge in [-0.05, 0) is 26.2 Å². The molecule has 0 radical (unpaired) electrons. The van der Waals surface area contributed by atoms with E-state index in [0.717, 1.165) is 11.6 Å². The number of aliphatic carboxylic acids is 2. The first kappa shape index (κ1) is 12.7. The topological polar surface area (TPSA) is 74.6 Å². The number of allylic oxidation sites excluding steroid dienone is 1. The summed E-state index contributed by atoms with van der Waals surface area (Å²) in [5.74, 6) is -2.11. The minimum absolute atomic E-state index is 0.354. The van der Waals surface area contributed by atoms with E-state index in [1.165, 1.54) is 0 Å². The highest BCUT2D eigenvalue weighted by Gasteiger charge is 2.09. The van der Waals surface area contributed by atoms with Gasteiger partial charge in [0.2, 0.25) is 0 Å². The molecule has 0 saturated heterocycles. The van der Waals surface area contributed by atoms with Crippen molar-refractivity contribution in [3.8, 4) is 0 Å². The third kappa shape index (κ3) is 6.22. The quantitative estimate of drug-likeness (QED) is 0.642. The molecule has 0 bridgehead atoms. The van der Waals surface area contributed by atoms with E-state index < -0.39 is 11.9 Å². The first-order valence-corrected chi connectivity index (χ1v) is 4.56. The van der Waals surface area contributed by atoms with Gasteiger partial charge in [0.1, 0.15) is 0 Å². The fourth-order valence-electron chi connectivity index (χ4n) is 1.09. The molecular formula is C10H16O4. The standard InChI is InChI=1S/C10H16O4/c1-7(6-9(11)12)4-3-5-8(2)10(13)14/h6,8H,3-5H2,1-2H3,(H,11,12)(H,13,14)/b7-6-/t8-/m0/s1. The molecule has 0 amide bonds. The molecule has 4 nitrogen and oxygen atoms in total. The van der Waals surface area contributed by atoms with Crippen LogP contribution in [0.1, 0.15) is 33.1 Å². The van der Waals surface area contributed by atoms with Crippen molar-refractivity contribution in [3.63, 3.8) is 0 Å². The molecule has 0 aliphatic carbocycles. The second-order valence-corrected chi connectivity index (χ2v) is 3.46. The Bertz CT molecular complexity index is 243. The van der Waals surface area contributed by atoms with Gasteiger partial charge in [0.15, 0.2) is 0 Å². The molecule has 0 spiro atoms. The van der Waals surface area contributed by atoms with Crippen LogP contribution in [0.15, 0.2) is 11.6 Å². The van der Waals surface area contributed by atoms with E-state index in [9.17, 15) is 9.59 Å². The average molecular weight is 200 g/mol. The molecule has 0 rings (SSSR count). The second-order valence-electron chi connectivity index (χ2n) is 3.46. The number of carbonyl (C=O) groups is 2. The molecule has 0 aliphatic rings. The maximum atomic E-state index is 10.4. The molecule has 80 valence electrons. The zero-order valence-electron chi connectivity index (χ0n) is 8.49. The summed E-state index contributed by atoms with van der Waals surface area (Å²) in [6.45, 7) is 3.39. The summed E-state index contributed by atoms with van der Waals surface area (Å²) >= 11 is 0. The summed E-state index contributed by atoms with van der Waals surface area (Å²) in [4.78, 5) is 20.7. The molecule has 14 heavy (non-hydrogen) atoms. The van der Waals surface area contributed by atoms with Gasteiger partial charge in [-0.2, -0.15) is 0 Å². The second kappa shape index (κ2) is 6.18. The lowest BCUT2D eigenvalue weighted by atomic mass is 10.0. The lowest BCUT2D eigenvalue weighted by molar-refractivity contribution is -0.141. The van der Waals surface area contributed by atoms with Gasteiger partial charge in [-0.3, -0.25) is 4.79 Å². The van der Waals surface area contributed by atoms with E-state index in [2.05, 4.69) is 0 Å². The van der Waals surface area contributed by atoms with Crippen molar-refractivity contribution in [2.24, 2.45) is 5.92 Å². The van der Waals surface area contributed by atoms with Crippen LogP contribution >= 0.6 is 0 Å². The Hall–Kier alpha value is -1.32. The van der Waals surface area contributed by atoms with Gasteiger partial charge >= 0.3 is 11.9 Å². The Kier molecular flexibility index (Phi) is 5.60. The van der Waals surface area contributed by atoms with Crippen LogP contribution in [0.3, 0.4) is 0 Å². The van der Waals surface area contributed by atoms with E-state index in [4.69, 9.17) is 10.2 Å². The molecule has 0 aliphatic heterocycles. The highest BCUT2D eigenvalue weighted by Crippen LogP contribution is 2.12. The van der Waals surface area contributed by atoms with Gasteiger partial charge in [0.25, 0.3) is 0 Å². The third-order valence-corrected chi connectivity index (χ3v) is 2.00. The molecule has 0 aromatic carbocycles. The van der Waals surface area contributed by atoms with Crippen LogP contribution in [0.5, 0.6) is 0 Å². The Morgan fingerprint density at radius 1 is 1.36 bits per heavy atom. The van der Waals surface area contributed by atoms with Crippen molar-refractivity contribution in [1.29, 1.82) is 0 Å². The number of carboxylic acids is 2. The third-order valence-electron chi connectivity index (χ3n) is 2.00. The molecule has 0 saturated carbocycles. The molecule has 4 heteroatoms. The van der Waals surface area contributed by atoms with Crippen LogP contribution in [0.2, 0.25) is 0 Å². The largest absolute Gasteiger partial charge is 0.481 e. The highest BCUT2D eigenvalue weighted by molar-refractivity contribution is 5.80. The zero-order chi connectivity index (χ0) is 11.1. The van der Waals surface area contributed by atoms with Crippen molar-refractivity contribution in [1.82, 2.24) is 0 Å². The number of rotatable bonds is 6. The van der Waals surface area contributed by atoms with Gasteiger partial charge < -0.3 is 10.2 Å². The Labute approximate surface area is 83.2 Å². The van der Waals surface area contributed by atoms with Gasteiger partial charge in [-0.15, -0.1) is 0 Å². The normalized spacial score (nSPS) is 13.7. The zero-order valence-corrected chi connectivity index (χ0v) is 8.49. The van der Waals surface area contributed by atoms with Gasteiger partial charge in [0, 0.05) is 6.08 Å². The van der Waals surface area contributed by atoms with Gasteiger partial charge in [-0.25, -0.2) is 4.79 Å². The predicted octanol–water partition coefficient (Wildman–Crippen LogP) is 1.91. The SMILES string of the molecule is C/C(=C/C(=O)O)CCC[C@H](C)C(=O)O. The summed E-state index contributed by atoms with van der Waals surface area (Å²) in [5, 5.41) is 17.0. The van der Waals surface area contributed by atoms with Gasteiger partial charge in [0.05, 0.1) is 5.92 Å². The van der Waals surface area contributed by atoms with E-state index >= 15 is 0 Å². The number of carboxylic acid groups (broad SMARTS) is 2. The fourth-order valence-corrected chi connectivity index (χ4v) is 1.09. The molecule has 2 N–H and O–H groups in total. The van der Waals surface area contributed by atoms with E-state index in [0.29, 0.717) is 19.3 Å². The van der Waals surface area contributed by atoms with Crippen molar-refractivity contribution < 1.29 is 19.8 Å². The van der Waals surface area contributed by atoms with Crippen LogP contribution < -0.4 is 0 Å². The van der Waals surface area contributed by atoms with Crippen LogP contribution in [0.25, 0.3) is 0 Å². The first-order chi connectivity index (χ1) is 6.43. The molecule has 0 unspecified atom stereocenters. The maximum absolute atomic E-state index is 10.4. The summed E-state index contributed by atoms with van der Waals surface area (Å²) in [5.41, 5.74) is 0.773. The monoisotopic (exact) mass is 200 g/mol. The average Bonchev–Trinajstić information content (AvgIpc) is 2.02. The lowest BCUT2D eigenvalue weighted by Gasteiger charge is -2.05. The molecule has 0 aromatic rings. The highest BCUT2D eigenvalue weighted by atomic mass is 16.4. The summed E-state index contributed by atoms with van der Waals surface area (Å²) < 4.78 is 0. The molecular weight excluding hydrogens is 184 g/mol. The van der Waals surface area contributed by atoms with Crippen molar-refractivity contribution in [2.75, 3.05) is 0 Å². The van der Waals surface area contributed by atoms with E-state index in [-0.39, 0.29) is 5.92 Å². The Morgan fingerprint density at radius 2 is 1.93 bits per heavy atom. The molecule has 0 heterocycles. The Morgan fingerprint density at radius 3 is 2.36 bits per heavy atom. The van der Waals surface area contributed by atoms with Crippen LogP contribution in [0, 0.1) is 5.92 Å². The van der Waals surface area contributed by atoms with Crippen molar-refractivity contribution in [2.45, 2.75) is 33.1 Å². The smallest absolute Gasteiger partial charge is 0.328 e. The minimum atomic E-state index is -0.950. The fraction of sp³-hybridized carbons (Fsp3) is 0.600. The lowest BCUT2D eigenvalue weighted by Crippen LogP contribution is -2.08. The van der Waals surface area contributed by atoms with E-state index in [1.54, 1.807) is 13.8 Å². The van der Waals surface area contributed by atoms with Crippen LogP contribution in [0.4, 0.5) is 0 Å². The predicted molar refractivity (Wildman–Crippen MR) is 52.0 cm³/mol. The minimum Gasteiger partial charge on any atom is -0.481 e. The maximum Gasteiger partial charge on any atom is 0.328 e. The number of hydrogen-bond donors (Lipinski definition) is 2. The molecule has 1 atom stereocenters. The molecule has 0 fully saturated rings. The first-order valence-electron chi connectivity index (χ1n) is 4.56. The summed E-state index contributed by atoms with van der Waals surface area (Å²) in [6, 6.07) is 0. The van der Waals surface area contributed by atoms with Crippen LogP contribution in [-0.2, 0) is 9.59 Å². The van der Waals surface area contributed by atoms with Crippen molar-refractivity contribution >= 4 is 11.9 Å².